The fourth-order valence-corrected chi connectivity index (χ4v) is 4.63. The Hall–Kier alpha value is -3.60. The molecule has 2 aromatic carbocycles. The van der Waals surface area contributed by atoms with Crippen molar-refractivity contribution in [3.8, 4) is 5.75 Å². The van der Waals surface area contributed by atoms with Crippen LogP contribution in [0.1, 0.15) is 23.9 Å². The third-order valence-electron chi connectivity index (χ3n) is 5.14. The maximum atomic E-state index is 14.6. The van der Waals surface area contributed by atoms with E-state index in [4.69, 9.17) is 14.9 Å². The van der Waals surface area contributed by atoms with E-state index in [1.165, 1.54) is 30.3 Å². The van der Waals surface area contributed by atoms with E-state index < -0.39 is 33.7 Å². The van der Waals surface area contributed by atoms with E-state index in [-0.39, 0.29) is 34.0 Å². The fraction of sp³-hybridized carbons (Fsp3) is 0.238. The number of ether oxygens (including phenoxy) is 1. The molecule has 0 aliphatic carbocycles. The van der Waals surface area contributed by atoms with E-state index in [0.29, 0.717) is 18.7 Å². The lowest BCUT2D eigenvalue weighted by molar-refractivity contribution is -0.120. The van der Waals surface area contributed by atoms with Gasteiger partial charge in [-0.1, -0.05) is 12.1 Å². The predicted octanol–water partition coefficient (Wildman–Crippen LogP) is 2.15. The van der Waals surface area contributed by atoms with Gasteiger partial charge in [0.05, 0.1) is 12.0 Å². The van der Waals surface area contributed by atoms with Gasteiger partial charge in [-0.25, -0.2) is 17.5 Å². The van der Waals surface area contributed by atoms with Crippen LogP contribution in [0, 0.1) is 5.82 Å². The van der Waals surface area contributed by atoms with Crippen LogP contribution in [-0.4, -0.2) is 39.4 Å². The molecule has 1 aliphatic rings. The fourth-order valence-electron chi connectivity index (χ4n) is 3.53. The zero-order valence-corrected chi connectivity index (χ0v) is 17.8. The first-order chi connectivity index (χ1) is 15.2. The molecule has 0 radical (unpaired) electrons. The summed E-state index contributed by atoms with van der Waals surface area (Å²) in [5.41, 5.74) is 5.75. The number of nitrogens with one attached hydrogen (secondary N) is 1. The number of halogens is 1. The van der Waals surface area contributed by atoms with Gasteiger partial charge >= 0.3 is 5.91 Å². The Morgan fingerprint density at radius 3 is 2.69 bits per heavy atom. The van der Waals surface area contributed by atoms with Crippen LogP contribution in [0.5, 0.6) is 5.75 Å². The lowest BCUT2D eigenvalue weighted by Crippen LogP contribution is -2.55. The first-order valence-corrected chi connectivity index (χ1v) is 11.3. The maximum Gasteiger partial charge on any atom is 0.300 e. The summed E-state index contributed by atoms with van der Waals surface area (Å²) in [6.07, 6.45) is 0.557. The molecule has 1 saturated heterocycles. The highest BCUT2D eigenvalue weighted by molar-refractivity contribution is 7.90. The van der Waals surface area contributed by atoms with E-state index in [1.54, 1.807) is 17.9 Å². The standard InChI is InChI=1S/C21H20FN3O6S/c1-2-30-16-5-3-4-6-19(16)32(28,29)24-21(27)18-11-13-14(22)9-12(10-17(13)31-18)25-8-7-15(25)20(23)26/h3-6,9-11,15H,2,7-8H2,1H3,(H2,23,26)(H,24,27). The third kappa shape index (κ3) is 3.86. The molecule has 0 bridgehead atoms. The Morgan fingerprint density at radius 1 is 1.28 bits per heavy atom. The van der Waals surface area contributed by atoms with Crippen molar-refractivity contribution >= 4 is 38.5 Å². The van der Waals surface area contributed by atoms with Gasteiger partial charge in [0.25, 0.3) is 10.0 Å². The minimum absolute atomic E-state index is 0.00200. The number of amides is 2. The Morgan fingerprint density at radius 2 is 2.03 bits per heavy atom. The van der Waals surface area contributed by atoms with Gasteiger partial charge in [0, 0.05) is 24.4 Å². The number of nitrogens with two attached hydrogens (primary N) is 1. The molecule has 1 fully saturated rings. The summed E-state index contributed by atoms with van der Waals surface area (Å²) in [7, 11) is -4.28. The van der Waals surface area contributed by atoms with Crippen LogP contribution in [-0.2, 0) is 14.8 Å². The molecule has 1 aromatic heterocycles. The summed E-state index contributed by atoms with van der Waals surface area (Å²) in [4.78, 5) is 25.5. The number of hydrogen-bond acceptors (Lipinski definition) is 7. The lowest BCUT2D eigenvalue weighted by Gasteiger charge is -2.40. The lowest BCUT2D eigenvalue weighted by atomic mass is 10.0. The average molecular weight is 461 g/mol. The maximum absolute atomic E-state index is 14.6. The minimum Gasteiger partial charge on any atom is -0.492 e. The molecule has 2 heterocycles. The van der Waals surface area contributed by atoms with E-state index in [1.807, 2.05) is 4.72 Å². The van der Waals surface area contributed by atoms with Gasteiger partial charge in [0.2, 0.25) is 5.91 Å². The van der Waals surface area contributed by atoms with Crippen molar-refractivity contribution in [1.82, 2.24) is 4.72 Å². The van der Waals surface area contributed by atoms with Gasteiger partial charge in [-0.2, -0.15) is 0 Å². The second-order valence-corrected chi connectivity index (χ2v) is 8.82. The van der Waals surface area contributed by atoms with E-state index >= 15 is 0 Å². The van der Waals surface area contributed by atoms with Gasteiger partial charge in [-0.05, 0) is 31.5 Å². The third-order valence-corrected chi connectivity index (χ3v) is 6.51. The molecular formula is C21H20FN3O6S. The van der Waals surface area contributed by atoms with Crippen molar-refractivity contribution in [3.63, 3.8) is 0 Å². The molecule has 1 aliphatic heterocycles. The van der Waals surface area contributed by atoms with Crippen LogP contribution in [0.2, 0.25) is 0 Å². The smallest absolute Gasteiger partial charge is 0.300 e. The number of hydrogen-bond donors (Lipinski definition) is 2. The highest BCUT2D eigenvalue weighted by Gasteiger charge is 2.33. The topological polar surface area (TPSA) is 132 Å². The number of carbonyl (C=O) groups excluding carboxylic acids is 2. The number of nitrogens with zero attached hydrogens (tertiary/aromatic N) is 1. The van der Waals surface area contributed by atoms with Crippen molar-refractivity contribution in [2.45, 2.75) is 24.3 Å². The number of para-hydroxylation sites is 1. The van der Waals surface area contributed by atoms with Crippen LogP contribution in [0.4, 0.5) is 10.1 Å². The summed E-state index contributed by atoms with van der Waals surface area (Å²) in [5.74, 6) is -2.56. The SMILES string of the molecule is CCOc1ccccc1S(=O)(=O)NC(=O)c1cc2c(F)cc(N3CCC3C(N)=O)cc2o1. The van der Waals surface area contributed by atoms with Gasteiger partial charge < -0.3 is 19.8 Å². The Balaban J connectivity index is 1.62. The number of fused-ring (bicyclic) bond motifs is 1. The molecule has 0 spiro atoms. The second kappa shape index (κ2) is 8.15. The highest BCUT2D eigenvalue weighted by atomic mass is 32.2. The Kier molecular flexibility index (Phi) is 5.51. The molecule has 2 amide bonds. The van der Waals surface area contributed by atoms with Crippen molar-refractivity contribution in [2.75, 3.05) is 18.1 Å². The van der Waals surface area contributed by atoms with Crippen molar-refractivity contribution in [3.05, 3.63) is 54.0 Å². The Labute approximate surface area is 183 Å². The van der Waals surface area contributed by atoms with E-state index in [0.717, 1.165) is 6.07 Å². The van der Waals surface area contributed by atoms with Crippen molar-refractivity contribution in [2.24, 2.45) is 5.73 Å². The number of primary amides is 1. The molecule has 1 atom stereocenters. The monoisotopic (exact) mass is 461 g/mol. The molecule has 11 heteroatoms. The summed E-state index contributed by atoms with van der Waals surface area (Å²) < 4.78 is 52.7. The minimum atomic E-state index is -4.28. The normalized spacial score (nSPS) is 15.9. The zero-order chi connectivity index (χ0) is 23.0. The van der Waals surface area contributed by atoms with Crippen LogP contribution in [0.3, 0.4) is 0 Å². The van der Waals surface area contributed by atoms with Crippen LogP contribution < -0.4 is 20.1 Å². The molecule has 3 aromatic rings. The predicted molar refractivity (Wildman–Crippen MR) is 113 cm³/mol. The molecular weight excluding hydrogens is 441 g/mol. The molecule has 1 unspecified atom stereocenters. The van der Waals surface area contributed by atoms with Gasteiger partial charge in [0.15, 0.2) is 5.76 Å². The van der Waals surface area contributed by atoms with Crippen molar-refractivity contribution < 1.29 is 31.6 Å². The van der Waals surface area contributed by atoms with E-state index in [9.17, 15) is 22.4 Å². The zero-order valence-electron chi connectivity index (χ0n) is 17.0. The number of sulfonamides is 1. The highest BCUT2D eigenvalue weighted by Crippen LogP contribution is 2.33. The van der Waals surface area contributed by atoms with Gasteiger partial charge in [0.1, 0.15) is 28.1 Å². The quantitative estimate of drug-likeness (QED) is 0.551. The van der Waals surface area contributed by atoms with Crippen LogP contribution in [0.25, 0.3) is 11.0 Å². The molecule has 9 nitrogen and oxygen atoms in total. The number of anilines is 1. The Bertz CT molecular complexity index is 1320. The number of benzene rings is 2. The second-order valence-electron chi connectivity index (χ2n) is 7.16. The van der Waals surface area contributed by atoms with Gasteiger partial charge in [-0.3, -0.25) is 9.59 Å². The molecule has 168 valence electrons. The first-order valence-electron chi connectivity index (χ1n) is 9.79. The molecule has 3 N–H and O–H groups in total. The van der Waals surface area contributed by atoms with Crippen molar-refractivity contribution in [1.29, 1.82) is 0 Å². The summed E-state index contributed by atoms with van der Waals surface area (Å²) >= 11 is 0. The summed E-state index contributed by atoms with van der Waals surface area (Å²) in [6.45, 7) is 2.45. The summed E-state index contributed by atoms with van der Waals surface area (Å²) in [5, 5.41) is 0.00200. The molecule has 32 heavy (non-hydrogen) atoms. The van der Waals surface area contributed by atoms with Crippen LogP contribution >= 0.6 is 0 Å². The van der Waals surface area contributed by atoms with Gasteiger partial charge in [-0.15, -0.1) is 0 Å². The summed E-state index contributed by atoms with van der Waals surface area (Å²) in [6, 6.07) is 9.13. The number of furan rings is 1. The number of rotatable bonds is 7. The number of carbonyl (C=O) groups is 2. The largest absolute Gasteiger partial charge is 0.492 e. The first kappa shape index (κ1) is 21.6. The molecule has 0 saturated carbocycles. The van der Waals surface area contributed by atoms with Crippen LogP contribution in [0.15, 0.2) is 51.8 Å². The van der Waals surface area contributed by atoms with E-state index in [2.05, 4.69) is 0 Å². The average Bonchev–Trinajstić information content (AvgIpc) is 3.12. The molecule has 4 rings (SSSR count).